The number of hydrogen-bond acceptors (Lipinski definition) is 5. The number of aromatic amines is 1. The van der Waals surface area contributed by atoms with Crippen molar-refractivity contribution < 1.29 is 14.7 Å². The number of carbonyl (C=O) groups excluding carboxylic acids is 1. The van der Waals surface area contributed by atoms with Gasteiger partial charge in [-0.3, -0.25) is 9.59 Å². The molecule has 86 valence electrons. The standard InChI is InChI=1S/C8H11N5O3/c14-7(6-10-12-13-11-6)9-5-3-1-2-4(5)8(15)16/h4-5H,1-3H2,(H,9,14)(H,15,16)(H,10,11,12,13)/t4-,5+/m1/s1. The van der Waals surface area contributed by atoms with Gasteiger partial charge in [-0.1, -0.05) is 6.42 Å². The number of aromatic nitrogens is 4. The van der Waals surface area contributed by atoms with E-state index in [1.165, 1.54) is 0 Å². The lowest BCUT2D eigenvalue weighted by Crippen LogP contribution is -2.40. The summed E-state index contributed by atoms with van der Waals surface area (Å²) in [5.74, 6) is -1.96. The number of aliphatic carboxylic acids is 1. The highest BCUT2D eigenvalue weighted by Crippen LogP contribution is 2.25. The molecule has 2 atom stereocenters. The Morgan fingerprint density at radius 1 is 1.44 bits per heavy atom. The summed E-state index contributed by atoms with van der Waals surface area (Å²) in [4.78, 5) is 22.4. The molecule has 2 rings (SSSR count). The van der Waals surface area contributed by atoms with Gasteiger partial charge in [0.1, 0.15) is 0 Å². The number of tetrazole rings is 1. The van der Waals surface area contributed by atoms with Crippen LogP contribution in [0.3, 0.4) is 0 Å². The van der Waals surface area contributed by atoms with E-state index in [1.54, 1.807) is 0 Å². The van der Waals surface area contributed by atoms with Gasteiger partial charge in [0.25, 0.3) is 11.7 Å². The van der Waals surface area contributed by atoms with E-state index in [0.717, 1.165) is 6.42 Å². The molecule has 0 unspecified atom stereocenters. The average Bonchev–Trinajstić information content (AvgIpc) is 2.86. The van der Waals surface area contributed by atoms with Crippen LogP contribution in [0.25, 0.3) is 0 Å². The van der Waals surface area contributed by atoms with Crippen molar-refractivity contribution in [3.05, 3.63) is 5.82 Å². The molecule has 1 saturated carbocycles. The van der Waals surface area contributed by atoms with E-state index >= 15 is 0 Å². The predicted octanol–water partition coefficient (Wildman–Crippen LogP) is -0.817. The first-order valence-electron chi connectivity index (χ1n) is 4.95. The molecule has 0 saturated heterocycles. The van der Waals surface area contributed by atoms with Crippen LogP contribution in [-0.4, -0.2) is 43.6 Å². The normalized spacial score (nSPS) is 24.2. The highest BCUT2D eigenvalue weighted by molar-refractivity contribution is 5.90. The van der Waals surface area contributed by atoms with Crippen LogP contribution in [0.2, 0.25) is 0 Å². The van der Waals surface area contributed by atoms with Gasteiger partial charge < -0.3 is 10.4 Å². The Kier molecular flexibility index (Phi) is 2.80. The van der Waals surface area contributed by atoms with Gasteiger partial charge in [0.15, 0.2) is 0 Å². The zero-order chi connectivity index (χ0) is 11.5. The minimum Gasteiger partial charge on any atom is -0.481 e. The van der Waals surface area contributed by atoms with Gasteiger partial charge in [-0.05, 0) is 18.1 Å². The number of carbonyl (C=O) groups is 2. The molecule has 1 aromatic rings. The minimum absolute atomic E-state index is 0.0731. The van der Waals surface area contributed by atoms with E-state index < -0.39 is 17.8 Å². The van der Waals surface area contributed by atoms with Crippen molar-refractivity contribution in [2.45, 2.75) is 25.3 Å². The van der Waals surface area contributed by atoms with Crippen LogP contribution < -0.4 is 5.32 Å². The molecule has 0 aromatic carbocycles. The van der Waals surface area contributed by atoms with Gasteiger partial charge in [0, 0.05) is 6.04 Å². The van der Waals surface area contributed by atoms with E-state index in [2.05, 4.69) is 25.9 Å². The fourth-order valence-electron chi connectivity index (χ4n) is 1.92. The molecule has 1 heterocycles. The number of rotatable bonds is 3. The lowest BCUT2D eigenvalue weighted by molar-refractivity contribution is -0.142. The van der Waals surface area contributed by atoms with Crippen LogP contribution in [0.1, 0.15) is 29.9 Å². The van der Waals surface area contributed by atoms with Gasteiger partial charge >= 0.3 is 5.97 Å². The molecule has 0 spiro atoms. The summed E-state index contributed by atoms with van der Waals surface area (Å²) in [5, 5.41) is 24.0. The number of carboxylic acids is 1. The van der Waals surface area contributed by atoms with Crippen LogP contribution in [0, 0.1) is 5.92 Å². The van der Waals surface area contributed by atoms with Crippen LogP contribution >= 0.6 is 0 Å². The van der Waals surface area contributed by atoms with Crippen molar-refractivity contribution in [2.24, 2.45) is 5.92 Å². The zero-order valence-corrected chi connectivity index (χ0v) is 8.38. The largest absolute Gasteiger partial charge is 0.481 e. The zero-order valence-electron chi connectivity index (χ0n) is 8.38. The van der Waals surface area contributed by atoms with Gasteiger partial charge in [-0.15, -0.1) is 10.2 Å². The fourth-order valence-corrected chi connectivity index (χ4v) is 1.92. The molecule has 1 fully saturated rings. The number of carboxylic acid groups (broad SMARTS) is 1. The molecule has 0 aliphatic heterocycles. The average molecular weight is 225 g/mol. The Morgan fingerprint density at radius 2 is 2.25 bits per heavy atom. The summed E-state index contributed by atoms with van der Waals surface area (Å²) >= 11 is 0. The molecule has 1 aliphatic carbocycles. The third kappa shape index (κ3) is 2.00. The number of amides is 1. The van der Waals surface area contributed by atoms with Gasteiger partial charge in [-0.25, -0.2) is 0 Å². The van der Waals surface area contributed by atoms with Crippen molar-refractivity contribution >= 4 is 11.9 Å². The van der Waals surface area contributed by atoms with Gasteiger partial charge in [0.2, 0.25) is 0 Å². The van der Waals surface area contributed by atoms with Gasteiger partial charge in [0.05, 0.1) is 5.92 Å². The van der Waals surface area contributed by atoms with Crippen molar-refractivity contribution in [3.63, 3.8) is 0 Å². The Labute approximate surface area is 90.4 Å². The highest BCUT2D eigenvalue weighted by atomic mass is 16.4. The Morgan fingerprint density at radius 3 is 2.88 bits per heavy atom. The SMILES string of the molecule is O=C(N[C@H]1CCC[C@H]1C(=O)O)c1nn[nH]n1. The summed E-state index contributed by atoms with van der Waals surface area (Å²) in [5.41, 5.74) is 0. The Balaban J connectivity index is 1.99. The molecular weight excluding hydrogens is 214 g/mol. The smallest absolute Gasteiger partial charge is 0.308 e. The molecule has 8 nitrogen and oxygen atoms in total. The summed E-state index contributed by atoms with van der Waals surface area (Å²) < 4.78 is 0. The van der Waals surface area contributed by atoms with Crippen molar-refractivity contribution in [2.75, 3.05) is 0 Å². The Bertz CT molecular complexity index is 390. The van der Waals surface area contributed by atoms with Crippen molar-refractivity contribution in [1.29, 1.82) is 0 Å². The van der Waals surface area contributed by atoms with Crippen LogP contribution in [0.4, 0.5) is 0 Å². The van der Waals surface area contributed by atoms with E-state index in [4.69, 9.17) is 5.11 Å². The van der Waals surface area contributed by atoms with Gasteiger partial charge in [-0.2, -0.15) is 5.21 Å². The second-order valence-corrected chi connectivity index (χ2v) is 3.69. The summed E-state index contributed by atoms with van der Waals surface area (Å²) in [6.45, 7) is 0. The highest BCUT2D eigenvalue weighted by Gasteiger charge is 2.34. The molecule has 0 radical (unpaired) electrons. The first-order chi connectivity index (χ1) is 7.68. The van der Waals surface area contributed by atoms with Crippen molar-refractivity contribution in [1.82, 2.24) is 25.9 Å². The monoisotopic (exact) mass is 225 g/mol. The molecule has 8 heteroatoms. The maximum atomic E-state index is 11.5. The number of nitrogens with zero attached hydrogens (tertiary/aromatic N) is 3. The van der Waals surface area contributed by atoms with E-state index in [0.29, 0.717) is 12.8 Å². The Hall–Kier alpha value is -1.99. The second-order valence-electron chi connectivity index (χ2n) is 3.69. The van der Waals surface area contributed by atoms with Crippen LogP contribution in [0.5, 0.6) is 0 Å². The number of H-pyrrole nitrogens is 1. The van der Waals surface area contributed by atoms with Crippen LogP contribution in [0.15, 0.2) is 0 Å². The second kappa shape index (κ2) is 4.25. The van der Waals surface area contributed by atoms with E-state index in [1.807, 2.05) is 0 Å². The predicted molar refractivity (Wildman–Crippen MR) is 50.4 cm³/mol. The third-order valence-corrected chi connectivity index (χ3v) is 2.70. The number of hydrogen-bond donors (Lipinski definition) is 3. The quantitative estimate of drug-likeness (QED) is 0.618. The lowest BCUT2D eigenvalue weighted by atomic mass is 10.0. The minimum atomic E-state index is -0.879. The van der Waals surface area contributed by atoms with E-state index in [9.17, 15) is 9.59 Å². The number of nitrogens with one attached hydrogen (secondary N) is 2. The first-order valence-corrected chi connectivity index (χ1v) is 4.95. The summed E-state index contributed by atoms with van der Waals surface area (Å²) in [6, 6.07) is -0.344. The van der Waals surface area contributed by atoms with Crippen LogP contribution in [-0.2, 0) is 4.79 Å². The molecule has 1 aromatic heterocycles. The molecule has 1 amide bonds. The lowest BCUT2D eigenvalue weighted by Gasteiger charge is -2.16. The van der Waals surface area contributed by atoms with E-state index in [-0.39, 0.29) is 11.9 Å². The summed E-state index contributed by atoms with van der Waals surface area (Å²) in [6.07, 6.45) is 2.06. The van der Waals surface area contributed by atoms with Crippen molar-refractivity contribution in [3.8, 4) is 0 Å². The fraction of sp³-hybridized carbons (Fsp3) is 0.625. The molecule has 16 heavy (non-hydrogen) atoms. The topological polar surface area (TPSA) is 121 Å². The molecular formula is C8H11N5O3. The first kappa shape index (κ1) is 10.5. The third-order valence-electron chi connectivity index (χ3n) is 2.70. The maximum absolute atomic E-state index is 11.5. The maximum Gasteiger partial charge on any atom is 0.308 e. The molecule has 1 aliphatic rings. The summed E-state index contributed by atoms with van der Waals surface area (Å²) in [7, 11) is 0. The molecule has 0 bridgehead atoms. The molecule has 3 N–H and O–H groups in total.